The van der Waals surface area contributed by atoms with Gasteiger partial charge in [-0.2, -0.15) is 0 Å². The first-order valence-electron chi connectivity index (χ1n) is 5.88. The number of nitrogens with zero attached hydrogens (tertiary/aromatic N) is 2. The molecule has 100 valence electrons. The smallest absolute Gasteiger partial charge is 0.253 e. The van der Waals surface area contributed by atoms with E-state index in [2.05, 4.69) is 20.9 Å². The second kappa shape index (κ2) is 5.57. The Bertz CT molecular complexity index is 642. The normalized spacial score (nSPS) is 10.5. The summed E-state index contributed by atoms with van der Waals surface area (Å²) in [6.45, 7) is 4.32. The van der Waals surface area contributed by atoms with Gasteiger partial charge in [-0.3, -0.25) is 4.79 Å². The third kappa shape index (κ3) is 3.23. The van der Waals surface area contributed by atoms with E-state index in [0.29, 0.717) is 5.69 Å². The predicted octanol–water partition coefficient (Wildman–Crippen LogP) is 2.74. The number of hydrogen-bond donors (Lipinski definition) is 0. The quantitative estimate of drug-likeness (QED) is 0.872. The SMILES string of the molecule is Cc1cc(OCc2cc(=O)n(C)cn2)cc(C)c1Br. The van der Waals surface area contributed by atoms with Crippen molar-refractivity contribution in [3.63, 3.8) is 0 Å². The van der Waals surface area contributed by atoms with Gasteiger partial charge in [-0.25, -0.2) is 4.98 Å². The average Bonchev–Trinajstić information content (AvgIpc) is 2.37. The Morgan fingerprint density at radius 2 is 1.89 bits per heavy atom. The number of aromatic nitrogens is 2. The molecule has 19 heavy (non-hydrogen) atoms. The van der Waals surface area contributed by atoms with E-state index in [0.717, 1.165) is 21.3 Å². The summed E-state index contributed by atoms with van der Waals surface area (Å²) >= 11 is 3.51. The molecule has 0 amide bonds. The Labute approximate surface area is 120 Å². The van der Waals surface area contributed by atoms with E-state index in [-0.39, 0.29) is 12.2 Å². The fourth-order valence-electron chi connectivity index (χ4n) is 1.72. The minimum atomic E-state index is -0.0863. The van der Waals surface area contributed by atoms with E-state index in [4.69, 9.17) is 4.74 Å². The van der Waals surface area contributed by atoms with Gasteiger partial charge in [0.2, 0.25) is 0 Å². The van der Waals surface area contributed by atoms with Crippen LogP contribution in [0.2, 0.25) is 0 Å². The van der Waals surface area contributed by atoms with Crippen LogP contribution < -0.4 is 10.3 Å². The molecular weight excluding hydrogens is 308 g/mol. The van der Waals surface area contributed by atoms with Gasteiger partial charge in [0.1, 0.15) is 12.4 Å². The Morgan fingerprint density at radius 3 is 2.47 bits per heavy atom. The molecule has 0 fully saturated rings. The number of aryl methyl sites for hydroxylation is 3. The third-order valence-electron chi connectivity index (χ3n) is 2.83. The molecule has 0 aliphatic carbocycles. The van der Waals surface area contributed by atoms with E-state index in [1.807, 2.05) is 26.0 Å². The molecule has 1 heterocycles. The highest BCUT2D eigenvalue weighted by atomic mass is 79.9. The second-order valence-corrected chi connectivity index (χ2v) is 5.28. The molecule has 0 radical (unpaired) electrons. The number of halogens is 1. The minimum absolute atomic E-state index is 0.0863. The summed E-state index contributed by atoms with van der Waals surface area (Å²) in [5.41, 5.74) is 2.77. The van der Waals surface area contributed by atoms with Crippen LogP contribution in [0.25, 0.3) is 0 Å². The third-order valence-corrected chi connectivity index (χ3v) is 4.08. The maximum atomic E-state index is 11.5. The minimum Gasteiger partial charge on any atom is -0.487 e. The zero-order valence-corrected chi connectivity index (χ0v) is 12.7. The lowest BCUT2D eigenvalue weighted by atomic mass is 10.1. The van der Waals surface area contributed by atoms with Crippen LogP contribution in [-0.4, -0.2) is 9.55 Å². The van der Waals surface area contributed by atoms with Crippen LogP contribution >= 0.6 is 15.9 Å². The van der Waals surface area contributed by atoms with Crippen molar-refractivity contribution in [3.8, 4) is 5.75 Å². The Morgan fingerprint density at radius 1 is 1.26 bits per heavy atom. The fourth-order valence-corrected chi connectivity index (χ4v) is 1.95. The highest BCUT2D eigenvalue weighted by Crippen LogP contribution is 2.26. The zero-order valence-electron chi connectivity index (χ0n) is 11.1. The van der Waals surface area contributed by atoms with Gasteiger partial charge in [0.25, 0.3) is 5.56 Å². The molecule has 5 heteroatoms. The van der Waals surface area contributed by atoms with Crippen LogP contribution in [-0.2, 0) is 13.7 Å². The summed E-state index contributed by atoms with van der Waals surface area (Å²) < 4.78 is 8.19. The van der Waals surface area contributed by atoms with Gasteiger partial charge in [-0.1, -0.05) is 15.9 Å². The summed E-state index contributed by atoms with van der Waals surface area (Å²) in [6, 6.07) is 5.40. The lowest BCUT2D eigenvalue weighted by Crippen LogP contribution is -2.17. The molecular formula is C14H15BrN2O2. The topological polar surface area (TPSA) is 44.1 Å². The number of hydrogen-bond acceptors (Lipinski definition) is 3. The molecule has 2 aromatic rings. The average molecular weight is 323 g/mol. The monoisotopic (exact) mass is 322 g/mol. The predicted molar refractivity (Wildman–Crippen MR) is 77.4 cm³/mol. The van der Waals surface area contributed by atoms with Crippen LogP contribution in [0, 0.1) is 13.8 Å². The lowest BCUT2D eigenvalue weighted by Gasteiger charge is -2.10. The number of rotatable bonds is 3. The van der Waals surface area contributed by atoms with E-state index in [1.54, 1.807) is 7.05 Å². The van der Waals surface area contributed by atoms with Crippen molar-refractivity contribution in [3.05, 3.63) is 56.2 Å². The largest absolute Gasteiger partial charge is 0.487 e. The summed E-state index contributed by atoms with van der Waals surface area (Å²) in [6.07, 6.45) is 1.50. The van der Waals surface area contributed by atoms with Crippen molar-refractivity contribution in [1.82, 2.24) is 9.55 Å². The summed E-state index contributed by atoms with van der Waals surface area (Å²) in [7, 11) is 1.67. The Kier molecular flexibility index (Phi) is 4.04. The first-order valence-corrected chi connectivity index (χ1v) is 6.68. The first-order chi connectivity index (χ1) is 8.97. The van der Waals surface area contributed by atoms with Gasteiger partial charge >= 0.3 is 0 Å². The Hall–Kier alpha value is -1.62. The maximum Gasteiger partial charge on any atom is 0.253 e. The van der Waals surface area contributed by atoms with E-state index >= 15 is 0 Å². The fraction of sp³-hybridized carbons (Fsp3) is 0.286. The van der Waals surface area contributed by atoms with E-state index in [1.165, 1.54) is 17.0 Å². The van der Waals surface area contributed by atoms with Crippen molar-refractivity contribution in [2.24, 2.45) is 7.05 Å². The molecule has 0 atom stereocenters. The number of ether oxygens (including phenoxy) is 1. The molecule has 1 aromatic carbocycles. The van der Waals surface area contributed by atoms with Crippen LogP contribution in [0.4, 0.5) is 0 Å². The molecule has 4 nitrogen and oxygen atoms in total. The van der Waals surface area contributed by atoms with Gasteiger partial charge < -0.3 is 9.30 Å². The number of benzene rings is 1. The molecule has 0 aliphatic rings. The molecule has 0 bridgehead atoms. The van der Waals surface area contributed by atoms with Crippen LogP contribution in [0.1, 0.15) is 16.8 Å². The molecule has 2 rings (SSSR count). The van der Waals surface area contributed by atoms with Crippen molar-refractivity contribution in [2.45, 2.75) is 20.5 Å². The van der Waals surface area contributed by atoms with Gasteiger partial charge in [-0.05, 0) is 37.1 Å². The molecule has 0 unspecified atom stereocenters. The molecule has 0 saturated carbocycles. The molecule has 1 aromatic heterocycles. The molecule has 0 spiro atoms. The van der Waals surface area contributed by atoms with Gasteiger partial charge in [0, 0.05) is 17.6 Å². The second-order valence-electron chi connectivity index (χ2n) is 4.49. The molecule has 0 aliphatic heterocycles. The summed E-state index contributed by atoms with van der Waals surface area (Å²) in [5.74, 6) is 0.778. The summed E-state index contributed by atoms with van der Waals surface area (Å²) in [5, 5.41) is 0. The summed E-state index contributed by atoms with van der Waals surface area (Å²) in [4.78, 5) is 15.6. The van der Waals surface area contributed by atoms with Crippen molar-refractivity contribution >= 4 is 15.9 Å². The Balaban J connectivity index is 2.14. The highest BCUT2D eigenvalue weighted by molar-refractivity contribution is 9.10. The highest BCUT2D eigenvalue weighted by Gasteiger charge is 2.04. The van der Waals surface area contributed by atoms with Crippen molar-refractivity contribution in [2.75, 3.05) is 0 Å². The van der Waals surface area contributed by atoms with E-state index < -0.39 is 0 Å². The molecule has 0 N–H and O–H groups in total. The lowest BCUT2D eigenvalue weighted by molar-refractivity contribution is 0.300. The zero-order chi connectivity index (χ0) is 14.0. The molecule has 0 saturated heterocycles. The maximum absolute atomic E-state index is 11.5. The van der Waals surface area contributed by atoms with Gasteiger partial charge in [0.15, 0.2) is 0 Å². The van der Waals surface area contributed by atoms with Gasteiger partial charge in [-0.15, -0.1) is 0 Å². The first kappa shape index (κ1) is 13.8. The van der Waals surface area contributed by atoms with Gasteiger partial charge in [0.05, 0.1) is 12.0 Å². The van der Waals surface area contributed by atoms with Crippen molar-refractivity contribution in [1.29, 1.82) is 0 Å². The van der Waals surface area contributed by atoms with Crippen LogP contribution in [0.15, 0.2) is 33.8 Å². The standard InChI is InChI=1S/C14H15BrN2O2/c1-9-4-12(5-10(2)14(9)15)19-7-11-6-13(18)17(3)8-16-11/h4-6,8H,7H2,1-3H3. The van der Waals surface area contributed by atoms with E-state index in [9.17, 15) is 4.79 Å². The van der Waals surface area contributed by atoms with Crippen LogP contribution in [0.5, 0.6) is 5.75 Å². The van der Waals surface area contributed by atoms with Crippen molar-refractivity contribution < 1.29 is 4.74 Å². The van der Waals surface area contributed by atoms with Crippen LogP contribution in [0.3, 0.4) is 0 Å².